The molecule has 0 aliphatic carbocycles. The van der Waals surface area contributed by atoms with Crippen LogP contribution < -0.4 is 5.32 Å². The van der Waals surface area contributed by atoms with Gasteiger partial charge in [0.2, 0.25) is 5.91 Å². The Morgan fingerprint density at radius 1 is 1.30 bits per heavy atom. The van der Waals surface area contributed by atoms with Crippen LogP contribution in [-0.2, 0) is 17.8 Å². The van der Waals surface area contributed by atoms with Crippen molar-refractivity contribution in [3.8, 4) is 0 Å². The van der Waals surface area contributed by atoms with E-state index in [4.69, 9.17) is 0 Å². The van der Waals surface area contributed by atoms with Gasteiger partial charge < -0.3 is 10.2 Å². The van der Waals surface area contributed by atoms with Gasteiger partial charge in [-0.2, -0.15) is 0 Å². The van der Waals surface area contributed by atoms with Gasteiger partial charge in [0.05, 0.1) is 6.04 Å². The van der Waals surface area contributed by atoms with E-state index in [0.717, 1.165) is 13.0 Å². The molecule has 1 N–H and O–H groups in total. The molecule has 2 atom stereocenters. The molecule has 2 unspecified atom stereocenters. The minimum atomic E-state index is -0.0975. The zero-order chi connectivity index (χ0) is 14.9. The molecule has 1 heterocycles. The van der Waals surface area contributed by atoms with E-state index < -0.39 is 0 Å². The standard InChI is InChI=1S/C17H26N2O/c1-12(17(2,3)4)19(5)16(20)15-10-13-8-6-7-9-14(13)11-18-15/h6-9,12,15,18H,10-11H2,1-5H3. The second kappa shape index (κ2) is 5.57. The lowest BCUT2D eigenvalue weighted by Gasteiger charge is -2.38. The van der Waals surface area contributed by atoms with E-state index in [0.29, 0.717) is 0 Å². The topological polar surface area (TPSA) is 32.3 Å². The maximum Gasteiger partial charge on any atom is 0.240 e. The third-order valence-electron chi connectivity index (χ3n) is 4.56. The number of carbonyl (C=O) groups is 1. The average Bonchev–Trinajstić information content (AvgIpc) is 2.43. The number of nitrogens with zero attached hydrogens (tertiary/aromatic N) is 1. The normalized spacial score (nSPS) is 20.1. The third kappa shape index (κ3) is 3.04. The fourth-order valence-corrected chi connectivity index (χ4v) is 2.65. The Bertz CT molecular complexity index is 490. The van der Waals surface area contributed by atoms with Crippen LogP contribution in [-0.4, -0.2) is 29.9 Å². The summed E-state index contributed by atoms with van der Waals surface area (Å²) >= 11 is 0. The Hall–Kier alpha value is -1.35. The van der Waals surface area contributed by atoms with E-state index in [1.54, 1.807) is 0 Å². The smallest absolute Gasteiger partial charge is 0.240 e. The Kier molecular flexibility index (Phi) is 4.19. The summed E-state index contributed by atoms with van der Waals surface area (Å²) in [7, 11) is 1.92. The number of rotatable bonds is 2. The Morgan fingerprint density at radius 3 is 2.50 bits per heavy atom. The lowest BCUT2D eigenvalue weighted by molar-refractivity contribution is -0.136. The molecule has 110 valence electrons. The van der Waals surface area contributed by atoms with Crippen LogP contribution in [0.15, 0.2) is 24.3 Å². The van der Waals surface area contributed by atoms with Crippen molar-refractivity contribution in [1.29, 1.82) is 0 Å². The van der Waals surface area contributed by atoms with Crippen LogP contribution in [0.5, 0.6) is 0 Å². The van der Waals surface area contributed by atoms with Gasteiger partial charge in [-0.15, -0.1) is 0 Å². The number of carbonyl (C=O) groups excluding carboxylic acids is 1. The first-order chi connectivity index (χ1) is 9.30. The number of nitrogens with one attached hydrogen (secondary N) is 1. The number of amides is 1. The summed E-state index contributed by atoms with van der Waals surface area (Å²) in [4.78, 5) is 14.6. The summed E-state index contributed by atoms with van der Waals surface area (Å²) in [6.45, 7) is 9.42. The average molecular weight is 274 g/mol. The quantitative estimate of drug-likeness (QED) is 0.899. The molecule has 1 aliphatic heterocycles. The predicted octanol–water partition coefficient (Wildman–Crippen LogP) is 2.59. The molecule has 0 bridgehead atoms. The van der Waals surface area contributed by atoms with Crippen molar-refractivity contribution in [3.05, 3.63) is 35.4 Å². The number of benzene rings is 1. The highest BCUT2D eigenvalue weighted by Gasteiger charge is 2.32. The number of fused-ring (bicyclic) bond motifs is 1. The molecular weight excluding hydrogens is 248 g/mol. The van der Waals surface area contributed by atoms with Gasteiger partial charge in [-0.05, 0) is 29.9 Å². The van der Waals surface area contributed by atoms with Crippen LogP contribution in [0.2, 0.25) is 0 Å². The van der Waals surface area contributed by atoms with E-state index in [-0.39, 0.29) is 23.4 Å². The van der Waals surface area contributed by atoms with Crippen LogP contribution in [0.25, 0.3) is 0 Å². The lowest BCUT2D eigenvalue weighted by atomic mass is 9.86. The van der Waals surface area contributed by atoms with Crippen molar-refractivity contribution in [2.45, 2.75) is 52.7 Å². The van der Waals surface area contributed by atoms with E-state index in [1.165, 1.54) is 11.1 Å². The van der Waals surface area contributed by atoms with Gasteiger partial charge in [0, 0.05) is 19.6 Å². The Labute approximate surface area is 122 Å². The van der Waals surface area contributed by atoms with E-state index in [9.17, 15) is 4.79 Å². The maximum atomic E-state index is 12.7. The molecule has 0 saturated carbocycles. The third-order valence-corrected chi connectivity index (χ3v) is 4.56. The van der Waals surface area contributed by atoms with Gasteiger partial charge in [0.15, 0.2) is 0 Å². The fraction of sp³-hybridized carbons (Fsp3) is 0.588. The van der Waals surface area contributed by atoms with Crippen LogP contribution in [0.1, 0.15) is 38.8 Å². The molecule has 1 amide bonds. The minimum Gasteiger partial charge on any atom is -0.341 e. The van der Waals surface area contributed by atoms with Crippen molar-refractivity contribution in [3.63, 3.8) is 0 Å². The van der Waals surface area contributed by atoms with Crippen molar-refractivity contribution in [2.75, 3.05) is 7.05 Å². The maximum absolute atomic E-state index is 12.7. The highest BCUT2D eigenvalue weighted by atomic mass is 16.2. The van der Waals surface area contributed by atoms with E-state index in [1.807, 2.05) is 18.0 Å². The Morgan fingerprint density at radius 2 is 1.90 bits per heavy atom. The van der Waals surface area contributed by atoms with E-state index >= 15 is 0 Å². The second-order valence-electron chi connectivity index (χ2n) is 6.90. The molecule has 0 fully saturated rings. The van der Waals surface area contributed by atoms with Crippen molar-refractivity contribution in [1.82, 2.24) is 10.2 Å². The SMILES string of the molecule is CC(N(C)C(=O)C1Cc2ccccc2CN1)C(C)(C)C. The van der Waals surface area contributed by atoms with Gasteiger partial charge >= 0.3 is 0 Å². The molecule has 3 heteroatoms. The molecule has 1 aromatic carbocycles. The van der Waals surface area contributed by atoms with Crippen LogP contribution in [0, 0.1) is 5.41 Å². The largest absolute Gasteiger partial charge is 0.341 e. The lowest BCUT2D eigenvalue weighted by Crippen LogP contribution is -2.53. The van der Waals surface area contributed by atoms with Gasteiger partial charge in [-0.3, -0.25) is 4.79 Å². The molecular formula is C17H26N2O. The van der Waals surface area contributed by atoms with Crippen LogP contribution in [0.3, 0.4) is 0 Å². The van der Waals surface area contributed by atoms with Crippen LogP contribution >= 0.6 is 0 Å². The zero-order valence-electron chi connectivity index (χ0n) is 13.2. The summed E-state index contributed by atoms with van der Waals surface area (Å²) in [5.41, 5.74) is 2.70. The summed E-state index contributed by atoms with van der Waals surface area (Å²) in [6, 6.07) is 8.48. The Balaban J connectivity index is 2.08. The summed E-state index contributed by atoms with van der Waals surface area (Å²) < 4.78 is 0. The molecule has 0 spiro atoms. The summed E-state index contributed by atoms with van der Waals surface area (Å²) in [5.74, 6) is 0.196. The highest BCUT2D eigenvalue weighted by molar-refractivity contribution is 5.82. The molecule has 1 aliphatic rings. The molecule has 3 nitrogen and oxygen atoms in total. The van der Waals surface area contributed by atoms with Gasteiger partial charge in [0.1, 0.15) is 0 Å². The molecule has 0 radical (unpaired) electrons. The van der Waals surface area contributed by atoms with Crippen LogP contribution in [0.4, 0.5) is 0 Å². The zero-order valence-corrected chi connectivity index (χ0v) is 13.2. The van der Waals surface area contributed by atoms with Gasteiger partial charge in [-0.25, -0.2) is 0 Å². The first-order valence-corrected chi connectivity index (χ1v) is 7.37. The van der Waals surface area contributed by atoms with Crippen molar-refractivity contribution >= 4 is 5.91 Å². The molecule has 0 aromatic heterocycles. The monoisotopic (exact) mass is 274 g/mol. The first-order valence-electron chi connectivity index (χ1n) is 7.37. The van der Waals surface area contributed by atoms with Crippen molar-refractivity contribution in [2.24, 2.45) is 5.41 Å². The number of hydrogen-bond acceptors (Lipinski definition) is 2. The number of likely N-dealkylation sites (N-methyl/N-ethyl adjacent to an activating group) is 1. The fourth-order valence-electron chi connectivity index (χ4n) is 2.65. The summed E-state index contributed by atoms with van der Waals surface area (Å²) in [6.07, 6.45) is 0.788. The molecule has 20 heavy (non-hydrogen) atoms. The minimum absolute atomic E-state index is 0.0942. The van der Waals surface area contributed by atoms with Gasteiger partial charge in [0.25, 0.3) is 0 Å². The highest BCUT2D eigenvalue weighted by Crippen LogP contribution is 2.24. The second-order valence-corrected chi connectivity index (χ2v) is 6.90. The number of hydrogen-bond donors (Lipinski definition) is 1. The molecule has 2 rings (SSSR count). The molecule has 1 aromatic rings. The first kappa shape index (κ1) is 15.0. The van der Waals surface area contributed by atoms with Crippen molar-refractivity contribution < 1.29 is 4.79 Å². The van der Waals surface area contributed by atoms with Gasteiger partial charge in [-0.1, -0.05) is 45.0 Å². The predicted molar refractivity (Wildman–Crippen MR) is 82.5 cm³/mol. The summed E-state index contributed by atoms with van der Waals surface area (Å²) in [5, 5.41) is 3.37. The molecule has 0 saturated heterocycles. The van der Waals surface area contributed by atoms with E-state index in [2.05, 4.69) is 51.2 Å².